The Morgan fingerprint density at radius 3 is 2.73 bits per heavy atom. The van der Waals surface area contributed by atoms with Crippen molar-refractivity contribution in [1.29, 1.82) is 0 Å². The molecule has 2 aromatic heterocycles. The summed E-state index contributed by atoms with van der Waals surface area (Å²) in [4.78, 5) is 21.2. The van der Waals surface area contributed by atoms with Crippen LogP contribution in [0.1, 0.15) is 46.6 Å². The van der Waals surface area contributed by atoms with Gasteiger partial charge in [0.2, 0.25) is 0 Å². The second-order valence-corrected chi connectivity index (χ2v) is 8.98. The van der Waals surface area contributed by atoms with Crippen molar-refractivity contribution in [3.8, 4) is 11.8 Å². The van der Waals surface area contributed by atoms with E-state index in [9.17, 15) is 18.7 Å². The fraction of sp³-hybridized carbons (Fsp3) is 0.259. The zero-order valence-electron chi connectivity index (χ0n) is 20.6. The Kier molecular flexibility index (Phi) is 7.18. The molecule has 4 N–H and O–H groups in total. The first-order valence-electron chi connectivity index (χ1n) is 11.6. The van der Waals surface area contributed by atoms with E-state index in [4.69, 9.17) is 5.73 Å². The normalized spacial score (nSPS) is 12.2. The average Bonchev–Trinajstić information content (AvgIpc) is 3.21. The maximum atomic E-state index is 13.7. The number of aryl methyl sites for hydroxylation is 1. The first kappa shape index (κ1) is 25.7. The topological polar surface area (TPSA) is 119 Å². The number of amides is 1. The van der Waals surface area contributed by atoms with Gasteiger partial charge in [-0.15, -0.1) is 0 Å². The van der Waals surface area contributed by atoms with E-state index in [1.54, 1.807) is 28.9 Å². The smallest absolute Gasteiger partial charge is 0.270 e. The van der Waals surface area contributed by atoms with Crippen molar-refractivity contribution in [2.75, 3.05) is 17.7 Å². The fourth-order valence-corrected chi connectivity index (χ4v) is 3.70. The predicted octanol–water partition coefficient (Wildman–Crippen LogP) is 4.11. The number of alkyl halides is 2. The van der Waals surface area contributed by atoms with Crippen LogP contribution < -0.4 is 11.1 Å². The van der Waals surface area contributed by atoms with E-state index in [0.29, 0.717) is 34.4 Å². The summed E-state index contributed by atoms with van der Waals surface area (Å²) in [5, 5.41) is 17.1. The maximum Gasteiger partial charge on any atom is 0.270 e. The highest BCUT2D eigenvalue weighted by Gasteiger charge is 2.24. The van der Waals surface area contributed by atoms with Gasteiger partial charge >= 0.3 is 0 Å². The molecule has 0 saturated heterocycles. The molecule has 4 rings (SSSR count). The van der Waals surface area contributed by atoms with Crippen LogP contribution >= 0.6 is 0 Å². The fourth-order valence-electron chi connectivity index (χ4n) is 3.70. The van der Waals surface area contributed by atoms with Crippen LogP contribution in [-0.4, -0.2) is 37.4 Å². The van der Waals surface area contributed by atoms with Crippen molar-refractivity contribution < 1.29 is 18.7 Å². The molecule has 2 heterocycles. The van der Waals surface area contributed by atoms with Crippen molar-refractivity contribution in [2.24, 2.45) is 5.92 Å². The standard InChI is InChI=1S/C27H26F2N6O2/c1-16(14-36)13-35-25-23(24(30)31-15-32-25)22(34-35)10-9-18-11-19(8-7-17(18)2)26(37)33-21-6-4-5-20(12-21)27(3,28)29/h4-8,11-12,15-16,36H,13-14H2,1-3H3,(H,33,37)(H2,30,31,32)/t16-/m1/s1. The summed E-state index contributed by atoms with van der Waals surface area (Å²) in [5.74, 6) is 2.78. The zero-order chi connectivity index (χ0) is 26.7. The van der Waals surface area contributed by atoms with Gasteiger partial charge in [0.25, 0.3) is 11.8 Å². The predicted molar refractivity (Wildman–Crippen MR) is 137 cm³/mol. The molecule has 2 aromatic carbocycles. The molecular formula is C27H26F2N6O2. The molecule has 8 nitrogen and oxygen atoms in total. The van der Waals surface area contributed by atoms with Crippen molar-refractivity contribution in [3.05, 3.63) is 76.7 Å². The first-order chi connectivity index (χ1) is 17.6. The van der Waals surface area contributed by atoms with Gasteiger partial charge in [0.1, 0.15) is 17.8 Å². The van der Waals surface area contributed by atoms with Gasteiger partial charge in [0.15, 0.2) is 5.65 Å². The minimum atomic E-state index is -3.02. The second-order valence-electron chi connectivity index (χ2n) is 8.98. The van der Waals surface area contributed by atoms with Gasteiger partial charge in [-0.25, -0.2) is 23.4 Å². The zero-order valence-corrected chi connectivity index (χ0v) is 20.6. The van der Waals surface area contributed by atoms with E-state index in [0.717, 1.165) is 12.5 Å². The molecule has 0 radical (unpaired) electrons. The number of hydrogen-bond donors (Lipinski definition) is 3. The lowest BCUT2D eigenvalue weighted by atomic mass is 10.0. The molecule has 37 heavy (non-hydrogen) atoms. The Hall–Kier alpha value is -4.36. The number of fused-ring (bicyclic) bond motifs is 1. The van der Waals surface area contributed by atoms with Crippen LogP contribution in [0.2, 0.25) is 0 Å². The Bertz CT molecular complexity index is 1530. The number of aliphatic hydroxyl groups excluding tert-OH is 1. The molecule has 1 atom stereocenters. The first-order valence-corrected chi connectivity index (χ1v) is 11.6. The molecule has 0 bridgehead atoms. The number of nitrogens with one attached hydrogen (secondary N) is 1. The lowest BCUT2D eigenvalue weighted by molar-refractivity contribution is 0.0175. The van der Waals surface area contributed by atoms with Crippen LogP contribution in [0, 0.1) is 24.7 Å². The van der Waals surface area contributed by atoms with Gasteiger partial charge in [0.05, 0.1) is 5.39 Å². The third kappa shape index (κ3) is 5.73. The van der Waals surface area contributed by atoms with Crippen molar-refractivity contribution in [1.82, 2.24) is 19.7 Å². The third-order valence-electron chi connectivity index (χ3n) is 5.80. The van der Waals surface area contributed by atoms with Crippen molar-refractivity contribution >= 4 is 28.4 Å². The molecule has 1 amide bonds. The number of nitrogens with zero attached hydrogens (tertiary/aromatic N) is 4. The molecule has 0 saturated carbocycles. The summed E-state index contributed by atoms with van der Waals surface area (Å²) in [5.41, 5.74) is 8.79. The molecule has 0 unspecified atom stereocenters. The Labute approximate surface area is 212 Å². The number of benzene rings is 2. The number of hydrogen-bond acceptors (Lipinski definition) is 6. The van der Waals surface area contributed by atoms with Crippen LogP contribution in [0.5, 0.6) is 0 Å². The summed E-state index contributed by atoms with van der Waals surface area (Å²) in [7, 11) is 0. The van der Waals surface area contributed by atoms with Gasteiger partial charge in [0, 0.05) is 42.5 Å². The van der Waals surface area contributed by atoms with Crippen LogP contribution in [0.3, 0.4) is 0 Å². The number of rotatable bonds is 6. The number of nitrogens with two attached hydrogens (primary N) is 1. The van der Waals surface area contributed by atoms with E-state index >= 15 is 0 Å². The summed E-state index contributed by atoms with van der Waals surface area (Å²) < 4.78 is 29.0. The lowest BCUT2D eigenvalue weighted by Crippen LogP contribution is -2.13. The van der Waals surface area contributed by atoms with E-state index in [2.05, 4.69) is 32.2 Å². The van der Waals surface area contributed by atoms with Crippen LogP contribution in [0.25, 0.3) is 11.0 Å². The summed E-state index contributed by atoms with van der Waals surface area (Å²) in [6.45, 7) is 4.95. The third-order valence-corrected chi connectivity index (χ3v) is 5.80. The quantitative estimate of drug-likeness (QED) is 0.340. The van der Waals surface area contributed by atoms with Gasteiger partial charge in [-0.3, -0.25) is 4.79 Å². The van der Waals surface area contributed by atoms with Crippen molar-refractivity contribution in [2.45, 2.75) is 33.2 Å². The second kappa shape index (κ2) is 10.3. The lowest BCUT2D eigenvalue weighted by Gasteiger charge is -2.13. The van der Waals surface area contributed by atoms with Crippen molar-refractivity contribution in [3.63, 3.8) is 0 Å². The molecule has 0 aliphatic carbocycles. The van der Waals surface area contributed by atoms with Gasteiger partial charge in [-0.1, -0.05) is 31.0 Å². The number of carbonyl (C=O) groups is 1. The molecule has 0 spiro atoms. The highest BCUT2D eigenvalue weighted by atomic mass is 19.3. The minimum Gasteiger partial charge on any atom is -0.396 e. The Morgan fingerprint density at radius 1 is 1.22 bits per heavy atom. The number of nitrogen functional groups attached to an aromatic ring is 1. The highest BCUT2D eigenvalue weighted by molar-refractivity contribution is 6.04. The minimum absolute atomic E-state index is 0.0118. The van der Waals surface area contributed by atoms with Gasteiger partial charge < -0.3 is 16.2 Å². The van der Waals surface area contributed by atoms with Gasteiger partial charge in [-0.2, -0.15) is 5.10 Å². The Balaban J connectivity index is 1.65. The number of halogens is 2. The SMILES string of the molecule is Cc1ccc(C(=O)Nc2cccc(C(C)(F)F)c2)cc1C#Cc1nn(C[C@@H](C)CO)c2ncnc(N)c12. The van der Waals surface area contributed by atoms with E-state index in [1.165, 1.54) is 24.5 Å². The molecular weight excluding hydrogens is 478 g/mol. The molecule has 0 fully saturated rings. The number of aromatic nitrogens is 4. The molecule has 0 aliphatic rings. The number of aliphatic hydroxyl groups is 1. The number of anilines is 2. The monoisotopic (exact) mass is 504 g/mol. The van der Waals surface area contributed by atoms with Crippen LogP contribution in [0.4, 0.5) is 20.3 Å². The summed E-state index contributed by atoms with van der Waals surface area (Å²) in [6, 6.07) is 10.6. The summed E-state index contributed by atoms with van der Waals surface area (Å²) >= 11 is 0. The Morgan fingerprint density at radius 2 is 2.00 bits per heavy atom. The number of carbonyl (C=O) groups excluding carboxylic acids is 1. The molecule has 10 heteroatoms. The highest BCUT2D eigenvalue weighted by Crippen LogP contribution is 2.29. The van der Waals surface area contributed by atoms with Gasteiger partial charge in [-0.05, 0) is 48.6 Å². The molecule has 190 valence electrons. The molecule has 0 aliphatic heterocycles. The summed E-state index contributed by atoms with van der Waals surface area (Å²) in [6.07, 6.45) is 1.35. The van der Waals surface area contributed by atoms with E-state index in [1.807, 2.05) is 13.8 Å². The van der Waals surface area contributed by atoms with Crippen LogP contribution in [0.15, 0.2) is 48.8 Å². The van der Waals surface area contributed by atoms with Crippen LogP contribution in [-0.2, 0) is 12.5 Å². The average molecular weight is 505 g/mol. The van der Waals surface area contributed by atoms with E-state index in [-0.39, 0.29) is 29.6 Å². The molecule has 4 aromatic rings. The van der Waals surface area contributed by atoms with E-state index < -0.39 is 11.8 Å². The maximum absolute atomic E-state index is 13.7. The largest absolute Gasteiger partial charge is 0.396 e.